The van der Waals surface area contributed by atoms with Gasteiger partial charge in [0.05, 0.1) is 12.7 Å². The van der Waals surface area contributed by atoms with Crippen LogP contribution in [-0.2, 0) is 4.74 Å². The van der Waals surface area contributed by atoms with E-state index in [1.54, 1.807) is 18.2 Å². The van der Waals surface area contributed by atoms with Gasteiger partial charge in [-0.3, -0.25) is 4.79 Å². The summed E-state index contributed by atoms with van der Waals surface area (Å²) in [7, 11) is 2.80. The Morgan fingerprint density at radius 1 is 1.30 bits per heavy atom. The molecule has 1 aromatic rings. The molecule has 2 N–H and O–H groups in total. The summed E-state index contributed by atoms with van der Waals surface area (Å²) in [6, 6.07) is 4.34. The van der Waals surface area contributed by atoms with Crippen LogP contribution in [0.15, 0.2) is 42.5 Å². The van der Waals surface area contributed by atoms with Crippen LogP contribution in [0.2, 0.25) is 0 Å². The first-order valence-electron chi connectivity index (χ1n) is 6.06. The maximum absolute atomic E-state index is 12.6. The Hall–Kier alpha value is -2.11. The van der Waals surface area contributed by atoms with Gasteiger partial charge in [-0.05, 0) is 18.2 Å². The minimum Gasteiger partial charge on any atom is -0.507 e. The molecule has 0 heterocycles. The van der Waals surface area contributed by atoms with Gasteiger partial charge in [0, 0.05) is 13.2 Å². The van der Waals surface area contributed by atoms with Gasteiger partial charge in [-0.1, -0.05) is 18.2 Å². The van der Waals surface area contributed by atoms with Crippen molar-refractivity contribution in [2.75, 3.05) is 14.2 Å². The third-order valence-electron chi connectivity index (χ3n) is 3.33. The van der Waals surface area contributed by atoms with E-state index in [9.17, 15) is 15.0 Å². The molecular formula is C15H16O5. The first-order chi connectivity index (χ1) is 9.55. The van der Waals surface area contributed by atoms with Gasteiger partial charge < -0.3 is 19.7 Å². The second-order valence-electron chi connectivity index (χ2n) is 4.40. The maximum Gasteiger partial charge on any atom is 0.205 e. The Morgan fingerprint density at radius 2 is 2.05 bits per heavy atom. The lowest BCUT2D eigenvalue weighted by Crippen LogP contribution is -2.49. The predicted molar refractivity (Wildman–Crippen MR) is 73.0 cm³/mol. The van der Waals surface area contributed by atoms with Crippen molar-refractivity contribution in [1.82, 2.24) is 0 Å². The van der Waals surface area contributed by atoms with Crippen LogP contribution in [0.1, 0.15) is 10.4 Å². The van der Waals surface area contributed by atoms with Crippen LogP contribution in [-0.4, -0.2) is 41.9 Å². The van der Waals surface area contributed by atoms with Crippen molar-refractivity contribution in [3.8, 4) is 11.5 Å². The second kappa shape index (κ2) is 5.48. The molecule has 0 spiro atoms. The van der Waals surface area contributed by atoms with Gasteiger partial charge in [-0.2, -0.15) is 0 Å². The third-order valence-corrected chi connectivity index (χ3v) is 3.33. The highest BCUT2D eigenvalue weighted by molar-refractivity contribution is 6.06. The summed E-state index contributed by atoms with van der Waals surface area (Å²) in [5.41, 5.74) is -1.47. The van der Waals surface area contributed by atoms with Crippen molar-refractivity contribution in [3.05, 3.63) is 48.1 Å². The quantitative estimate of drug-likeness (QED) is 0.814. The SMILES string of the molecule is COc1ccc(C(=O)C2(OC)C=CC=CC2O)c(O)c1. The van der Waals surface area contributed by atoms with E-state index in [0.29, 0.717) is 5.75 Å². The summed E-state index contributed by atoms with van der Waals surface area (Å²) in [4.78, 5) is 12.6. The van der Waals surface area contributed by atoms with Crippen LogP contribution in [0.5, 0.6) is 11.5 Å². The Labute approximate surface area is 116 Å². The van der Waals surface area contributed by atoms with E-state index >= 15 is 0 Å². The van der Waals surface area contributed by atoms with Crippen LogP contribution < -0.4 is 4.74 Å². The number of ketones is 1. The van der Waals surface area contributed by atoms with Crippen LogP contribution in [0, 0.1) is 0 Å². The number of allylic oxidation sites excluding steroid dienone is 2. The average molecular weight is 276 g/mol. The van der Waals surface area contributed by atoms with E-state index < -0.39 is 17.5 Å². The van der Waals surface area contributed by atoms with Crippen LogP contribution in [0.4, 0.5) is 0 Å². The zero-order valence-electron chi connectivity index (χ0n) is 11.2. The lowest BCUT2D eigenvalue weighted by molar-refractivity contribution is -0.0297. The van der Waals surface area contributed by atoms with Crippen LogP contribution in [0.3, 0.4) is 0 Å². The maximum atomic E-state index is 12.6. The summed E-state index contributed by atoms with van der Waals surface area (Å²) in [6.45, 7) is 0. The molecule has 0 amide bonds. The second-order valence-corrected chi connectivity index (χ2v) is 4.40. The first-order valence-corrected chi connectivity index (χ1v) is 6.06. The van der Waals surface area contributed by atoms with Gasteiger partial charge in [0.1, 0.15) is 17.6 Å². The molecule has 1 aromatic carbocycles. The molecule has 0 saturated carbocycles. The summed E-state index contributed by atoms with van der Waals surface area (Å²) in [6.07, 6.45) is 5.06. The Balaban J connectivity index is 2.44. The molecule has 0 fully saturated rings. The van der Waals surface area contributed by atoms with Crippen molar-refractivity contribution in [1.29, 1.82) is 0 Å². The van der Waals surface area contributed by atoms with E-state index in [4.69, 9.17) is 9.47 Å². The monoisotopic (exact) mass is 276 g/mol. The standard InChI is InChI=1S/C15H16O5/c1-19-10-6-7-11(12(16)9-10)14(18)15(20-2)8-4-3-5-13(15)17/h3-9,13,16-17H,1-2H3. The van der Waals surface area contributed by atoms with E-state index in [-0.39, 0.29) is 11.3 Å². The molecule has 1 aliphatic rings. The van der Waals surface area contributed by atoms with Gasteiger partial charge in [0.2, 0.25) is 5.78 Å². The molecule has 1 aliphatic carbocycles. The highest BCUT2D eigenvalue weighted by Crippen LogP contribution is 2.32. The molecule has 0 radical (unpaired) electrons. The molecule has 0 bridgehead atoms. The Bertz CT molecular complexity index is 576. The van der Waals surface area contributed by atoms with Gasteiger partial charge in [0.25, 0.3) is 0 Å². The summed E-state index contributed by atoms with van der Waals surface area (Å²) in [5, 5.41) is 20.0. The minimum atomic E-state index is -1.53. The highest BCUT2D eigenvalue weighted by Gasteiger charge is 2.44. The van der Waals surface area contributed by atoms with Gasteiger partial charge in [-0.15, -0.1) is 0 Å². The number of rotatable bonds is 4. The fourth-order valence-electron chi connectivity index (χ4n) is 2.14. The highest BCUT2D eigenvalue weighted by atomic mass is 16.5. The van der Waals surface area contributed by atoms with Crippen LogP contribution >= 0.6 is 0 Å². The average Bonchev–Trinajstić information content (AvgIpc) is 2.47. The first kappa shape index (κ1) is 14.3. The molecular weight excluding hydrogens is 260 g/mol. The summed E-state index contributed by atoms with van der Waals surface area (Å²) >= 11 is 0. The van der Waals surface area contributed by atoms with Gasteiger partial charge >= 0.3 is 0 Å². The van der Waals surface area contributed by atoms with E-state index in [2.05, 4.69) is 0 Å². The number of carbonyl (C=O) groups excluding carboxylic acids is 1. The number of phenolic OH excluding ortho intramolecular Hbond substituents is 1. The number of hydrogen-bond donors (Lipinski definition) is 2. The molecule has 2 atom stereocenters. The Morgan fingerprint density at radius 3 is 2.60 bits per heavy atom. The topological polar surface area (TPSA) is 76.0 Å². The molecule has 5 nitrogen and oxygen atoms in total. The molecule has 2 unspecified atom stereocenters. The molecule has 0 saturated heterocycles. The van der Waals surface area contributed by atoms with Crippen molar-refractivity contribution in [2.24, 2.45) is 0 Å². The molecule has 0 aromatic heterocycles. The number of aliphatic hydroxyl groups excluding tert-OH is 1. The number of Topliss-reactive ketones (excluding diaryl/α,β-unsaturated/α-hetero) is 1. The zero-order valence-corrected chi connectivity index (χ0v) is 11.2. The third kappa shape index (κ3) is 2.21. The number of carbonyl (C=O) groups is 1. The van der Waals surface area contributed by atoms with E-state index in [0.717, 1.165) is 0 Å². The lowest BCUT2D eigenvalue weighted by Gasteiger charge is -2.32. The number of aromatic hydroxyl groups is 1. The molecule has 0 aliphatic heterocycles. The number of hydrogen-bond acceptors (Lipinski definition) is 5. The number of phenols is 1. The fourth-order valence-corrected chi connectivity index (χ4v) is 2.14. The number of aliphatic hydroxyl groups is 1. The Kier molecular flexibility index (Phi) is 3.92. The minimum absolute atomic E-state index is 0.0617. The lowest BCUT2D eigenvalue weighted by atomic mass is 9.84. The number of ether oxygens (including phenoxy) is 2. The summed E-state index contributed by atoms with van der Waals surface area (Å²) in [5.74, 6) is -0.306. The molecule has 2 rings (SSSR count). The molecule has 20 heavy (non-hydrogen) atoms. The van der Waals surface area contributed by atoms with Crippen molar-refractivity contribution in [2.45, 2.75) is 11.7 Å². The fraction of sp³-hybridized carbons (Fsp3) is 0.267. The van der Waals surface area contributed by atoms with E-state index in [1.165, 1.54) is 38.5 Å². The van der Waals surface area contributed by atoms with E-state index in [1.807, 2.05) is 0 Å². The van der Waals surface area contributed by atoms with Crippen molar-refractivity contribution >= 4 is 5.78 Å². The smallest absolute Gasteiger partial charge is 0.205 e. The largest absolute Gasteiger partial charge is 0.507 e. The zero-order chi connectivity index (χ0) is 14.8. The van der Waals surface area contributed by atoms with Crippen molar-refractivity contribution in [3.63, 3.8) is 0 Å². The number of methoxy groups -OCH3 is 2. The summed E-state index contributed by atoms with van der Waals surface area (Å²) < 4.78 is 10.2. The van der Waals surface area contributed by atoms with Gasteiger partial charge in [0.15, 0.2) is 5.60 Å². The predicted octanol–water partition coefficient (Wildman–Crippen LogP) is 1.46. The van der Waals surface area contributed by atoms with Crippen LogP contribution in [0.25, 0.3) is 0 Å². The molecule has 106 valence electrons. The number of benzene rings is 1. The van der Waals surface area contributed by atoms with Crippen molar-refractivity contribution < 1.29 is 24.5 Å². The normalized spacial score (nSPS) is 24.6. The molecule has 5 heteroatoms. The van der Waals surface area contributed by atoms with Gasteiger partial charge in [-0.25, -0.2) is 0 Å².